The zero-order valence-electron chi connectivity index (χ0n) is 15.8. The van der Waals surface area contributed by atoms with Gasteiger partial charge >= 0.3 is 0 Å². The van der Waals surface area contributed by atoms with Crippen molar-refractivity contribution in [2.24, 2.45) is 5.92 Å². The molecule has 4 rings (SSSR count). The third-order valence-electron chi connectivity index (χ3n) is 5.73. The number of carbonyl (C=O) groups excluding carboxylic acids is 1. The SMILES string of the molecule is CN[C@]1(n2c(C(=O)N(C)c3ccccc3)cc3cc(C)ccc32)C[C@@H]1C. The Kier molecular flexibility index (Phi) is 3.88. The first-order valence-electron chi connectivity index (χ1n) is 9.12. The second-order valence-electron chi connectivity index (χ2n) is 7.41. The van der Waals surface area contributed by atoms with Crippen molar-refractivity contribution in [2.75, 3.05) is 19.0 Å². The number of para-hydroxylation sites is 1. The first-order valence-corrected chi connectivity index (χ1v) is 9.12. The van der Waals surface area contributed by atoms with Crippen LogP contribution in [-0.2, 0) is 5.66 Å². The lowest BCUT2D eigenvalue weighted by Gasteiger charge is -2.25. The fraction of sp³-hybridized carbons (Fsp3) is 0.318. The quantitative estimate of drug-likeness (QED) is 0.770. The molecule has 1 aliphatic carbocycles. The van der Waals surface area contributed by atoms with Crippen LogP contribution in [0.4, 0.5) is 5.69 Å². The minimum absolute atomic E-state index is 0.0128. The van der Waals surface area contributed by atoms with Gasteiger partial charge in [0.1, 0.15) is 5.69 Å². The molecule has 4 nitrogen and oxygen atoms in total. The van der Waals surface area contributed by atoms with Gasteiger partial charge in [0.25, 0.3) is 5.91 Å². The number of carbonyl (C=O) groups is 1. The summed E-state index contributed by atoms with van der Waals surface area (Å²) in [5.41, 5.74) is 3.76. The molecule has 134 valence electrons. The van der Waals surface area contributed by atoms with Crippen LogP contribution in [0.25, 0.3) is 10.9 Å². The summed E-state index contributed by atoms with van der Waals surface area (Å²) >= 11 is 0. The molecule has 1 saturated carbocycles. The highest BCUT2D eigenvalue weighted by molar-refractivity contribution is 6.08. The summed E-state index contributed by atoms with van der Waals surface area (Å²) in [6.07, 6.45) is 1.02. The fourth-order valence-corrected chi connectivity index (χ4v) is 4.04. The number of aromatic nitrogens is 1. The van der Waals surface area contributed by atoms with Crippen LogP contribution in [0.5, 0.6) is 0 Å². The number of anilines is 1. The molecule has 0 aliphatic heterocycles. The van der Waals surface area contributed by atoms with Gasteiger partial charge in [-0.05, 0) is 56.6 Å². The predicted octanol–water partition coefficient (Wildman–Crippen LogP) is 4.14. The molecule has 4 heteroatoms. The van der Waals surface area contributed by atoms with E-state index in [2.05, 4.69) is 41.9 Å². The van der Waals surface area contributed by atoms with Crippen molar-refractivity contribution in [1.29, 1.82) is 0 Å². The summed E-state index contributed by atoms with van der Waals surface area (Å²) in [5, 5.41) is 4.59. The van der Waals surface area contributed by atoms with Crippen LogP contribution >= 0.6 is 0 Å². The van der Waals surface area contributed by atoms with Crippen LogP contribution in [0.15, 0.2) is 54.6 Å². The molecule has 1 aromatic heterocycles. The number of benzene rings is 2. The maximum atomic E-state index is 13.4. The predicted molar refractivity (Wildman–Crippen MR) is 107 cm³/mol. The second kappa shape index (κ2) is 5.99. The zero-order valence-corrected chi connectivity index (χ0v) is 15.8. The Morgan fingerprint density at radius 3 is 2.50 bits per heavy atom. The van der Waals surface area contributed by atoms with Crippen molar-refractivity contribution in [3.05, 3.63) is 65.9 Å². The number of fused-ring (bicyclic) bond motifs is 1. The first-order chi connectivity index (χ1) is 12.5. The Morgan fingerprint density at radius 1 is 1.19 bits per heavy atom. The number of hydrogen-bond acceptors (Lipinski definition) is 2. The van der Waals surface area contributed by atoms with E-state index < -0.39 is 0 Å². The van der Waals surface area contributed by atoms with E-state index in [9.17, 15) is 4.79 Å². The van der Waals surface area contributed by atoms with Crippen LogP contribution in [0.2, 0.25) is 0 Å². The standard InChI is InChI=1S/C22H25N3O/c1-15-10-11-19-17(12-15)13-20(25(19)22(23-3)14-16(22)2)21(26)24(4)18-8-6-5-7-9-18/h5-13,16,23H,14H2,1-4H3/t16-,22-/m0/s1. The van der Waals surface area contributed by atoms with Gasteiger partial charge < -0.3 is 9.47 Å². The van der Waals surface area contributed by atoms with E-state index in [1.54, 1.807) is 4.90 Å². The normalized spacial score (nSPS) is 21.8. The number of nitrogens with zero attached hydrogens (tertiary/aromatic N) is 2. The van der Waals surface area contributed by atoms with Crippen LogP contribution in [-0.4, -0.2) is 24.6 Å². The van der Waals surface area contributed by atoms with E-state index in [1.807, 2.05) is 50.5 Å². The van der Waals surface area contributed by atoms with Crippen molar-refractivity contribution in [2.45, 2.75) is 25.9 Å². The highest BCUT2D eigenvalue weighted by Gasteiger charge is 2.53. The first kappa shape index (κ1) is 16.9. The lowest BCUT2D eigenvalue weighted by Crippen LogP contribution is -2.38. The van der Waals surface area contributed by atoms with Gasteiger partial charge in [-0.15, -0.1) is 0 Å². The minimum Gasteiger partial charge on any atom is -0.317 e. The van der Waals surface area contributed by atoms with E-state index in [0.29, 0.717) is 5.92 Å². The van der Waals surface area contributed by atoms with Gasteiger partial charge in [0.15, 0.2) is 0 Å². The average molecular weight is 347 g/mol. The second-order valence-corrected chi connectivity index (χ2v) is 7.41. The van der Waals surface area contributed by atoms with Gasteiger partial charge in [0.05, 0.1) is 11.2 Å². The zero-order chi connectivity index (χ0) is 18.5. The summed E-state index contributed by atoms with van der Waals surface area (Å²) in [6.45, 7) is 4.31. The summed E-state index contributed by atoms with van der Waals surface area (Å²) in [4.78, 5) is 15.1. The molecule has 0 unspecified atom stereocenters. The molecule has 1 fully saturated rings. The molecule has 2 atom stereocenters. The van der Waals surface area contributed by atoms with Crippen LogP contribution < -0.4 is 10.2 Å². The molecule has 26 heavy (non-hydrogen) atoms. The maximum absolute atomic E-state index is 13.4. The van der Waals surface area contributed by atoms with Gasteiger partial charge in [-0.25, -0.2) is 0 Å². The molecule has 0 saturated heterocycles. The number of rotatable bonds is 4. The highest BCUT2D eigenvalue weighted by atomic mass is 16.2. The van der Waals surface area contributed by atoms with Crippen molar-refractivity contribution < 1.29 is 4.79 Å². The average Bonchev–Trinajstić information content (AvgIpc) is 3.17. The van der Waals surface area contributed by atoms with Gasteiger partial charge in [-0.3, -0.25) is 10.1 Å². The number of hydrogen-bond donors (Lipinski definition) is 1. The highest BCUT2D eigenvalue weighted by Crippen LogP contribution is 2.50. The smallest absolute Gasteiger partial charge is 0.274 e. The Hall–Kier alpha value is -2.59. The number of aryl methyl sites for hydroxylation is 1. The van der Waals surface area contributed by atoms with Crippen LogP contribution in [0.3, 0.4) is 0 Å². The molecule has 1 N–H and O–H groups in total. The molecule has 3 aromatic rings. The number of nitrogens with one attached hydrogen (secondary N) is 1. The molecule has 2 aromatic carbocycles. The third kappa shape index (κ3) is 2.44. The molecule has 0 bridgehead atoms. The van der Waals surface area contributed by atoms with Gasteiger partial charge in [0, 0.05) is 18.1 Å². The molecule has 1 aliphatic rings. The Labute approximate surface area is 154 Å². The molecule has 1 heterocycles. The Balaban J connectivity index is 1.88. The van der Waals surface area contributed by atoms with Crippen molar-refractivity contribution in [3.63, 3.8) is 0 Å². The third-order valence-corrected chi connectivity index (χ3v) is 5.73. The van der Waals surface area contributed by atoms with Crippen LogP contribution in [0.1, 0.15) is 29.4 Å². The van der Waals surface area contributed by atoms with Gasteiger partial charge in [-0.2, -0.15) is 0 Å². The van der Waals surface area contributed by atoms with Crippen molar-refractivity contribution >= 4 is 22.5 Å². The summed E-state index contributed by atoms with van der Waals surface area (Å²) in [5.74, 6) is 0.497. The van der Waals surface area contributed by atoms with E-state index in [-0.39, 0.29) is 11.6 Å². The topological polar surface area (TPSA) is 37.3 Å². The van der Waals surface area contributed by atoms with Gasteiger partial charge in [-0.1, -0.05) is 36.8 Å². The molecule has 0 spiro atoms. The molecular weight excluding hydrogens is 322 g/mol. The lowest BCUT2D eigenvalue weighted by atomic mass is 10.2. The molecular formula is C22H25N3O. The van der Waals surface area contributed by atoms with Crippen molar-refractivity contribution in [3.8, 4) is 0 Å². The molecule has 0 radical (unpaired) electrons. The van der Waals surface area contributed by atoms with E-state index in [0.717, 1.165) is 28.7 Å². The molecule has 1 amide bonds. The van der Waals surface area contributed by atoms with Crippen LogP contribution in [0, 0.1) is 12.8 Å². The summed E-state index contributed by atoms with van der Waals surface area (Å²) in [7, 11) is 3.83. The largest absolute Gasteiger partial charge is 0.317 e. The van der Waals surface area contributed by atoms with Gasteiger partial charge in [0.2, 0.25) is 0 Å². The Morgan fingerprint density at radius 2 is 1.88 bits per heavy atom. The minimum atomic E-state index is -0.181. The lowest BCUT2D eigenvalue weighted by molar-refractivity contribution is 0.0979. The fourth-order valence-electron chi connectivity index (χ4n) is 4.04. The summed E-state index contributed by atoms with van der Waals surface area (Å²) in [6, 6.07) is 18.2. The van der Waals surface area contributed by atoms with Crippen molar-refractivity contribution in [1.82, 2.24) is 9.88 Å². The van der Waals surface area contributed by atoms with E-state index in [1.165, 1.54) is 5.56 Å². The number of amides is 1. The summed E-state index contributed by atoms with van der Waals surface area (Å²) < 4.78 is 2.22. The maximum Gasteiger partial charge on any atom is 0.274 e. The van der Waals surface area contributed by atoms with E-state index >= 15 is 0 Å². The Bertz CT molecular complexity index is 972. The monoisotopic (exact) mass is 347 g/mol. The van der Waals surface area contributed by atoms with E-state index in [4.69, 9.17) is 0 Å².